The molecule has 1 atom stereocenters. The predicted octanol–water partition coefficient (Wildman–Crippen LogP) is 0.669. The highest BCUT2D eigenvalue weighted by atomic mass is 16.5. The van der Waals surface area contributed by atoms with E-state index in [9.17, 15) is 0 Å². The molecule has 1 rings (SSSR count). The van der Waals surface area contributed by atoms with Gasteiger partial charge in [0.25, 0.3) is 0 Å². The van der Waals surface area contributed by atoms with E-state index in [1.54, 1.807) is 0 Å². The first-order chi connectivity index (χ1) is 7.15. The van der Waals surface area contributed by atoms with Crippen LogP contribution in [0.15, 0.2) is 5.16 Å². The van der Waals surface area contributed by atoms with Gasteiger partial charge in [0.1, 0.15) is 5.84 Å². The molecule has 15 heavy (non-hydrogen) atoms. The highest BCUT2D eigenvalue weighted by molar-refractivity contribution is 5.80. The summed E-state index contributed by atoms with van der Waals surface area (Å²) in [6, 6.07) is 0.761. The van der Waals surface area contributed by atoms with Crippen molar-refractivity contribution in [3.8, 4) is 0 Å². The molecule has 0 spiro atoms. The number of oxime groups is 1. The molecule has 4 N–H and O–H groups in total. The summed E-state index contributed by atoms with van der Waals surface area (Å²) in [7, 11) is 0. The molecular weight excluding hydrogens is 194 g/mol. The average Bonchev–Trinajstić information content (AvgIpc) is 2.14. The molecule has 88 valence electrons. The van der Waals surface area contributed by atoms with Crippen LogP contribution >= 0.6 is 0 Å². The second kappa shape index (κ2) is 5.92. The Morgan fingerprint density at radius 2 is 2.33 bits per heavy atom. The maximum absolute atomic E-state index is 8.42. The zero-order valence-electron chi connectivity index (χ0n) is 9.44. The first kappa shape index (κ1) is 12.3. The Morgan fingerprint density at radius 3 is 2.87 bits per heavy atom. The van der Waals surface area contributed by atoms with Crippen molar-refractivity contribution in [1.29, 1.82) is 0 Å². The van der Waals surface area contributed by atoms with Crippen molar-refractivity contribution in [2.24, 2.45) is 10.9 Å². The van der Waals surface area contributed by atoms with Crippen LogP contribution in [0.4, 0.5) is 0 Å². The standard InChI is InChI=1S/C10H21N3O2/c1-3-15-9-5-8(6-9)12-7(2)4-10(11)13-14/h7-9,12,14H,3-6H2,1-2H3,(H2,11,13). The Kier molecular flexibility index (Phi) is 4.84. The van der Waals surface area contributed by atoms with E-state index in [4.69, 9.17) is 15.7 Å². The number of nitrogens with zero attached hydrogens (tertiary/aromatic N) is 1. The number of rotatable bonds is 6. The smallest absolute Gasteiger partial charge is 0.140 e. The predicted molar refractivity (Wildman–Crippen MR) is 59.1 cm³/mol. The summed E-state index contributed by atoms with van der Waals surface area (Å²) >= 11 is 0. The van der Waals surface area contributed by atoms with Gasteiger partial charge in [-0.3, -0.25) is 0 Å². The van der Waals surface area contributed by atoms with Crippen molar-refractivity contribution in [3.05, 3.63) is 0 Å². The van der Waals surface area contributed by atoms with Crippen LogP contribution in [0.2, 0.25) is 0 Å². The number of ether oxygens (including phenoxy) is 1. The monoisotopic (exact) mass is 215 g/mol. The first-order valence-electron chi connectivity index (χ1n) is 5.49. The Morgan fingerprint density at radius 1 is 1.67 bits per heavy atom. The minimum absolute atomic E-state index is 0.244. The molecule has 0 heterocycles. The van der Waals surface area contributed by atoms with E-state index in [0.29, 0.717) is 18.6 Å². The van der Waals surface area contributed by atoms with Gasteiger partial charge in [-0.25, -0.2) is 0 Å². The summed E-state index contributed by atoms with van der Waals surface area (Å²) in [4.78, 5) is 0. The maximum Gasteiger partial charge on any atom is 0.140 e. The Hall–Kier alpha value is -0.810. The van der Waals surface area contributed by atoms with Gasteiger partial charge < -0.3 is 21.0 Å². The van der Waals surface area contributed by atoms with Gasteiger partial charge in [-0.2, -0.15) is 0 Å². The molecule has 0 aliphatic heterocycles. The van der Waals surface area contributed by atoms with Crippen LogP contribution in [0.1, 0.15) is 33.1 Å². The molecule has 0 aromatic rings. The average molecular weight is 215 g/mol. The fourth-order valence-electron chi connectivity index (χ4n) is 1.89. The lowest BCUT2D eigenvalue weighted by atomic mass is 9.88. The quantitative estimate of drug-likeness (QED) is 0.263. The van der Waals surface area contributed by atoms with E-state index in [0.717, 1.165) is 19.4 Å². The Bertz CT molecular complexity index is 215. The topological polar surface area (TPSA) is 79.9 Å². The molecule has 0 amide bonds. The molecule has 5 heteroatoms. The van der Waals surface area contributed by atoms with Crippen LogP contribution in [0.3, 0.4) is 0 Å². The van der Waals surface area contributed by atoms with Crippen molar-refractivity contribution < 1.29 is 9.94 Å². The van der Waals surface area contributed by atoms with Gasteiger partial charge in [0.05, 0.1) is 6.10 Å². The molecule has 0 saturated heterocycles. The van der Waals surface area contributed by atoms with Crippen molar-refractivity contribution in [2.75, 3.05) is 6.61 Å². The van der Waals surface area contributed by atoms with Crippen LogP contribution in [0.25, 0.3) is 0 Å². The zero-order chi connectivity index (χ0) is 11.3. The Balaban J connectivity index is 2.11. The molecule has 0 bridgehead atoms. The second-order valence-electron chi connectivity index (χ2n) is 4.11. The number of hydrogen-bond donors (Lipinski definition) is 3. The molecular formula is C10H21N3O2. The highest BCUT2D eigenvalue weighted by Gasteiger charge is 2.30. The third-order valence-electron chi connectivity index (χ3n) is 2.66. The first-order valence-corrected chi connectivity index (χ1v) is 5.49. The van der Waals surface area contributed by atoms with E-state index in [-0.39, 0.29) is 11.9 Å². The van der Waals surface area contributed by atoms with Crippen molar-refractivity contribution in [3.63, 3.8) is 0 Å². The maximum atomic E-state index is 8.42. The molecule has 1 fully saturated rings. The third-order valence-corrected chi connectivity index (χ3v) is 2.66. The largest absolute Gasteiger partial charge is 0.409 e. The van der Waals surface area contributed by atoms with Crippen LogP contribution in [-0.4, -0.2) is 35.8 Å². The van der Waals surface area contributed by atoms with E-state index >= 15 is 0 Å². The molecule has 0 aromatic heterocycles. The Labute approximate surface area is 90.7 Å². The normalized spacial score (nSPS) is 28.5. The van der Waals surface area contributed by atoms with Crippen molar-refractivity contribution in [1.82, 2.24) is 5.32 Å². The number of nitrogens with one attached hydrogen (secondary N) is 1. The van der Waals surface area contributed by atoms with Gasteiger partial charge >= 0.3 is 0 Å². The minimum atomic E-state index is 0.244. The van der Waals surface area contributed by atoms with Gasteiger partial charge in [-0.1, -0.05) is 5.16 Å². The van der Waals surface area contributed by atoms with Gasteiger partial charge in [0, 0.05) is 25.1 Å². The van der Waals surface area contributed by atoms with E-state index in [2.05, 4.69) is 10.5 Å². The lowest BCUT2D eigenvalue weighted by Gasteiger charge is -2.37. The number of nitrogens with two attached hydrogens (primary N) is 1. The highest BCUT2D eigenvalue weighted by Crippen LogP contribution is 2.23. The van der Waals surface area contributed by atoms with Gasteiger partial charge in [0.15, 0.2) is 0 Å². The fraction of sp³-hybridized carbons (Fsp3) is 0.900. The van der Waals surface area contributed by atoms with E-state index < -0.39 is 0 Å². The van der Waals surface area contributed by atoms with Crippen LogP contribution in [-0.2, 0) is 4.74 Å². The van der Waals surface area contributed by atoms with Crippen LogP contribution in [0, 0.1) is 0 Å². The lowest BCUT2D eigenvalue weighted by molar-refractivity contribution is -0.0117. The molecule has 0 aromatic carbocycles. The zero-order valence-corrected chi connectivity index (χ0v) is 9.44. The lowest BCUT2D eigenvalue weighted by Crippen LogP contribution is -2.49. The molecule has 1 aliphatic carbocycles. The fourth-order valence-corrected chi connectivity index (χ4v) is 1.89. The summed E-state index contributed by atoms with van der Waals surface area (Å²) in [5.41, 5.74) is 5.42. The number of amidine groups is 1. The van der Waals surface area contributed by atoms with Crippen LogP contribution in [0.5, 0.6) is 0 Å². The summed E-state index contributed by atoms with van der Waals surface area (Å²) < 4.78 is 5.46. The molecule has 1 saturated carbocycles. The number of hydrogen-bond acceptors (Lipinski definition) is 4. The molecule has 0 radical (unpaired) electrons. The summed E-state index contributed by atoms with van der Waals surface area (Å²) in [6.45, 7) is 4.84. The van der Waals surface area contributed by atoms with Gasteiger partial charge in [-0.15, -0.1) is 0 Å². The van der Waals surface area contributed by atoms with Gasteiger partial charge in [-0.05, 0) is 26.7 Å². The SMILES string of the molecule is CCOC1CC(NC(C)CC(N)=NO)C1. The minimum Gasteiger partial charge on any atom is -0.409 e. The third kappa shape index (κ3) is 4.05. The molecule has 5 nitrogen and oxygen atoms in total. The van der Waals surface area contributed by atoms with Crippen molar-refractivity contribution in [2.45, 2.75) is 51.3 Å². The summed E-state index contributed by atoms with van der Waals surface area (Å²) in [5, 5.41) is 14.8. The second-order valence-corrected chi connectivity index (χ2v) is 4.11. The van der Waals surface area contributed by atoms with Crippen molar-refractivity contribution >= 4 is 5.84 Å². The van der Waals surface area contributed by atoms with E-state index in [1.807, 2.05) is 13.8 Å². The van der Waals surface area contributed by atoms with E-state index in [1.165, 1.54) is 0 Å². The summed E-state index contributed by atoms with van der Waals surface area (Å²) in [6.07, 6.45) is 3.12. The summed E-state index contributed by atoms with van der Waals surface area (Å²) in [5.74, 6) is 0.274. The van der Waals surface area contributed by atoms with Crippen LogP contribution < -0.4 is 11.1 Å². The molecule has 1 aliphatic rings. The molecule has 1 unspecified atom stereocenters. The van der Waals surface area contributed by atoms with Gasteiger partial charge in [0.2, 0.25) is 0 Å².